The van der Waals surface area contributed by atoms with Crippen LogP contribution in [0.1, 0.15) is 26.3 Å². The summed E-state index contributed by atoms with van der Waals surface area (Å²) in [7, 11) is 1.59. The molecule has 0 atom stereocenters. The van der Waals surface area contributed by atoms with Crippen LogP contribution >= 0.6 is 11.6 Å². The number of carbonyl (C=O) groups is 2. The predicted octanol–water partition coefficient (Wildman–Crippen LogP) is 2.67. The fourth-order valence-electron chi connectivity index (χ4n) is 2.09. The second-order valence-corrected chi connectivity index (χ2v) is 6.87. The monoisotopic (exact) mass is 364 g/mol. The maximum Gasteiger partial charge on any atom is 0.238 e. The van der Waals surface area contributed by atoms with Gasteiger partial charge in [-0.05, 0) is 45.0 Å². The number of nitrogens with one attached hydrogen (secondary N) is 1. The van der Waals surface area contributed by atoms with Crippen molar-refractivity contribution < 1.29 is 9.59 Å². The summed E-state index contributed by atoms with van der Waals surface area (Å²) in [6, 6.07) is 7.38. The Balaban J connectivity index is 2.69. The number of hydrogen-bond donors (Lipinski definition) is 1. The maximum atomic E-state index is 12.3. The molecule has 0 bridgehead atoms. The third-order valence-corrected chi connectivity index (χ3v) is 4.37. The molecule has 0 aliphatic carbocycles. The molecule has 0 unspecified atom stereocenters. The molecule has 7 heteroatoms. The first-order valence-corrected chi connectivity index (χ1v) is 8.44. The Kier molecular flexibility index (Phi) is 7.40. The zero-order valence-electron chi connectivity index (χ0n) is 15.4. The van der Waals surface area contributed by atoms with Crippen molar-refractivity contribution in [3.8, 4) is 6.07 Å². The molecule has 6 nitrogen and oxygen atoms in total. The first-order valence-electron chi connectivity index (χ1n) is 8.07. The van der Waals surface area contributed by atoms with Gasteiger partial charge >= 0.3 is 0 Å². The van der Waals surface area contributed by atoms with Gasteiger partial charge in [0, 0.05) is 17.8 Å². The quantitative estimate of drug-likeness (QED) is 0.807. The second-order valence-electron chi connectivity index (χ2n) is 6.43. The summed E-state index contributed by atoms with van der Waals surface area (Å²) in [6.45, 7) is 7.79. The minimum atomic E-state index is -0.892. The summed E-state index contributed by atoms with van der Waals surface area (Å²) in [5, 5.41) is 12.5. The summed E-state index contributed by atoms with van der Waals surface area (Å²) in [6.07, 6.45) is 0. The van der Waals surface area contributed by atoms with Crippen LogP contribution in [-0.2, 0) is 9.59 Å². The first-order chi connectivity index (χ1) is 11.6. The molecule has 1 aromatic carbocycles. The molecule has 136 valence electrons. The molecule has 0 aliphatic heterocycles. The van der Waals surface area contributed by atoms with Gasteiger partial charge in [-0.3, -0.25) is 14.5 Å². The van der Waals surface area contributed by atoms with Gasteiger partial charge in [0.2, 0.25) is 11.8 Å². The zero-order chi connectivity index (χ0) is 19.2. The lowest BCUT2D eigenvalue weighted by Crippen LogP contribution is -2.49. The number of likely N-dealkylation sites (N-methyl/N-ethyl adjacent to an activating group) is 2. The third-order valence-electron chi connectivity index (χ3n) is 4.13. The van der Waals surface area contributed by atoms with Gasteiger partial charge in [0.25, 0.3) is 0 Å². The lowest BCUT2D eigenvalue weighted by atomic mass is 10.1. The lowest BCUT2D eigenvalue weighted by molar-refractivity contribution is -0.134. The second kappa shape index (κ2) is 8.84. The number of rotatable bonds is 7. The fraction of sp³-hybridized carbons (Fsp3) is 0.500. The van der Waals surface area contributed by atoms with Crippen LogP contribution in [0.25, 0.3) is 0 Å². The van der Waals surface area contributed by atoms with Crippen LogP contribution in [-0.4, -0.2) is 53.8 Å². The number of amides is 2. The van der Waals surface area contributed by atoms with Gasteiger partial charge < -0.3 is 10.2 Å². The average Bonchev–Trinajstić information content (AvgIpc) is 2.56. The van der Waals surface area contributed by atoms with Gasteiger partial charge in [-0.25, -0.2) is 0 Å². The van der Waals surface area contributed by atoms with Gasteiger partial charge in [0.05, 0.1) is 19.2 Å². The molecule has 0 radical (unpaired) electrons. The summed E-state index contributed by atoms with van der Waals surface area (Å²) in [4.78, 5) is 27.7. The molecule has 0 saturated heterocycles. The minimum absolute atomic E-state index is 0.0695. The van der Waals surface area contributed by atoms with Crippen molar-refractivity contribution in [2.75, 3.05) is 32.0 Å². The van der Waals surface area contributed by atoms with Crippen molar-refractivity contribution in [3.05, 3.63) is 28.8 Å². The molecule has 1 N–H and O–H groups in total. The van der Waals surface area contributed by atoms with E-state index in [9.17, 15) is 9.59 Å². The average molecular weight is 365 g/mol. The molecule has 0 aliphatic rings. The summed E-state index contributed by atoms with van der Waals surface area (Å²) in [5.41, 5.74) is 0.673. The molecule has 0 saturated carbocycles. The van der Waals surface area contributed by atoms with E-state index >= 15 is 0 Å². The molecule has 2 amide bonds. The van der Waals surface area contributed by atoms with Crippen molar-refractivity contribution in [1.29, 1.82) is 5.26 Å². The molecule has 0 aromatic heterocycles. The number of nitriles is 1. The number of halogens is 1. The van der Waals surface area contributed by atoms with Crippen LogP contribution in [0, 0.1) is 18.3 Å². The minimum Gasteiger partial charge on any atom is -0.326 e. The van der Waals surface area contributed by atoms with Crippen molar-refractivity contribution in [3.63, 3.8) is 0 Å². The largest absolute Gasteiger partial charge is 0.326 e. The van der Waals surface area contributed by atoms with Crippen LogP contribution in [0.5, 0.6) is 0 Å². The van der Waals surface area contributed by atoms with Crippen molar-refractivity contribution in [2.24, 2.45) is 0 Å². The number of anilines is 1. The Morgan fingerprint density at radius 2 is 1.96 bits per heavy atom. The highest BCUT2D eigenvalue weighted by atomic mass is 35.5. The smallest absolute Gasteiger partial charge is 0.238 e. The Hall–Kier alpha value is -2.10. The molecule has 0 spiro atoms. The van der Waals surface area contributed by atoms with Crippen LogP contribution in [0.15, 0.2) is 18.2 Å². The van der Waals surface area contributed by atoms with E-state index in [1.807, 2.05) is 19.9 Å². The molecular formula is C18H25ClN4O2. The van der Waals surface area contributed by atoms with Crippen LogP contribution in [0.2, 0.25) is 5.02 Å². The summed E-state index contributed by atoms with van der Waals surface area (Å²) >= 11 is 5.96. The van der Waals surface area contributed by atoms with Crippen molar-refractivity contribution >= 4 is 29.1 Å². The Labute approximate surface area is 154 Å². The van der Waals surface area contributed by atoms with Crippen LogP contribution in [0.4, 0.5) is 5.69 Å². The third kappa shape index (κ3) is 6.04. The van der Waals surface area contributed by atoms with E-state index < -0.39 is 5.54 Å². The van der Waals surface area contributed by atoms with Crippen molar-refractivity contribution in [1.82, 2.24) is 9.80 Å². The SMILES string of the molecule is CCN(CC(=O)Nc1cc(Cl)ccc1C)CC(=O)N(C)C(C)(C)C#N. The van der Waals surface area contributed by atoms with Gasteiger partial charge in [-0.15, -0.1) is 0 Å². The van der Waals surface area contributed by atoms with Crippen LogP contribution in [0.3, 0.4) is 0 Å². The highest BCUT2D eigenvalue weighted by Crippen LogP contribution is 2.20. The van der Waals surface area contributed by atoms with E-state index in [2.05, 4.69) is 11.4 Å². The number of nitrogens with zero attached hydrogens (tertiary/aromatic N) is 3. The fourth-order valence-corrected chi connectivity index (χ4v) is 2.26. The predicted molar refractivity (Wildman–Crippen MR) is 99.4 cm³/mol. The standard InChI is InChI=1S/C18H25ClN4O2/c1-6-23(11-17(25)22(5)18(3,4)12-20)10-16(24)21-15-9-14(19)8-7-13(15)2/h7-9H,6,10-11H2,1-5H3,(H,21,24). The van der Waals surface area contributed by atoms with Gasteiger partial charge in [-0.1, -0.05) is 24.6 Å². The normalized spacial score (nSPS) is 11.1. The molecule has 1 rings (SSSR count). The molecule has 25 heavy (non-hydrogen) atoms. The van der Waals surface area contributed by atoms with E-state index in [1.54, 1.807) is 37.9 Å². The summed E-state index contributed by atoms with van der Waals surface area (Å²) < 4.78 is 0. The molecule has 0 fully saturated rings. The number of aryl methyl sites for hydroxylation is 1. The Morgan fingerprint density at radius 3 is 2.52 bits per heavy atom. The Bertz CT molecular complexity index is 682. The molecular weight excluding hydrogens is 340 g/mol. The number of benzene rings is 1. The van der Waals surface area contributed by atoms with E-state index in [0.717, 1.165) is 5.56 Å². The lowest BCUT2D eigenvalue weighted by Gasteiger charge is -2.31. The first kappa shape index (κ1) is 20.9. The zero-order valence-corrected chi connectivity index (χ0v) is 16.1. The van der Waals surface area contributed by atoms with E-state index in [-0.39, 0.29) is 24.9 Å². The van der Waals surface area contributed by atoms with Gasteiger partial charge in [-0.2, -0.15) is 5.26 Å². The van der Waals surface area contributed by atoms with Crippen molar-refractivity contribution in [2.45, 2.75) is 33.2 Å². The van der Waals surface area contributed by atoms with E-state index in [0.29, 0.717) is 17.3 Å². The topological polar surface area (TPSA) is 76.4 Å². The maximum absolute atomic E-state index is 12.3. The molecule has 0 heterocycles. The van der Waals surface area contributed by atoms with E-state index in [1.165, 1.54) is 4.90 Å². The Morgan fingerprint density at radius 1 is 1.32 bits per heavy atom. The highest BCUT2D eigenvalue weighted by Gasteiger charge is 2.28. The van der Waals surface area contributed by atoms with Gasteiger partial charge in [0.15, 0.2) is 0 Å². The number of carbonyl (C=O) groups excluding carboxylic acids is 2. The van der Waals surface area contributed by atoms with Crippen LogP contribution < -0.4 is 5.32 Å². The molecule has 1 aromatic rings. The summed E-state index contributed by atoms with van der Waals surface area (Å²) in [5.74, 6) is -0.428. The van der Waals surface area contributed by atoms with E-state index in [4.69, 9.17) is 16.9 Å². The van der Waals surface area contributed by atoms with Gasteiger partial charge in [0.1, 0.15) is 5.54 Å². The highest BCUT2D eigenvalue weighted by molar-refractivity contribution is 6.31. The number of hydrogen-bond acceptors (Lipinski definition) is 4.